The first-order valence-corrected chi connectivity index (χ1v) is 9.34. The van der Waals surface area contributed by atoms with Crippen LogP contribution in [0.2, 0.25) is 0 Å². The van der Waals surface area contributed by atoms with Crippen molar-refractivity contribution >= 4 is 21.8 Å². The van der Waals surface area contributed by atoms with Gasteiger partial charge in [0.25, 0.3) is 0 Å². The topological polar surface area (TPSA) is 49.4 Å². The van der Waals surface area contributed by atoms with Crippen molar-refractivity contribution in [2.24, 2.45) is 0 Å². The third-order valence-corrected chi connectivity index (χ3v) is 5.57. The summed E-state index contributed by atoms with van der Waals surface area (Å²) >= 11 is 1.96. The van der Waals surface area contributed by atoms with Gasteiger partial charge in [0, 0.05) is 36.2 Å². The van der Waals surface area contributed by atoms with E-state index in [0.717, 1.165) is 25.1 Å². The molecule has 0 amide bonds. The summed E-state index contributed by atoms with van der Waals surface area (Å²) in [7, 11) is -2.99. The Labute approximate surface area is 116 Å². The summed E-state index contributed by atoms with van der Waals surface area (Å²) in [5.41, 5.74) is 0. The molecule has 6 heteroatoms. The summed E-state index contributed by atoms with van der Waals surface area (Å²) in [6, 6.07) is 0.476. The highest BCUT2D eigenvalue weighted by Gasteiger charge is 2.24. The van der Waals surface area contributed by atoms with Crippen molar-refractivity contribution in [3.05, 3.63) is 0 Å². The quantitative estimate of drug-likeness (QED) is 0.781. The Kier molecular flexibility index (Phi) is 5.96. The third kappa shape index (κ3) is 6.41. The van der Waals surface area contributed by atoms with E-state index in [1.54, 1.807) is 4.31 Å². The molecular weight excluding hydrogens is 268 g/mol. The number of nitrogens with zero attached hydrogens (tertiary/aromatic N) is 1. The molecule has 1 heterocycles. The predicted molar refractivity (Wildman–Crippen MR) is 79.7 cm³/mol. The molecule has 0 radical (unpaired) electrons. The zero-order valence-electron chi connectivity index (χ0n) is 11.9. The second-order valence-electron chi connectivity index (χ2n) is 5.85. The van der Waals surface area contributed by atoms with Gasteiger partial charge < -0.3 is 5.32 Å². The molecule has 0 aliphatic carbocycles. The molecule has 4 nitrogen and oxygen atoms in total. The van der Waals surface area contributed by atoms with Crippen LogP contribution in [0.25, 0.3) is 0 Å². The van der Waals surface area contributed by atoms with Crippen molar-refractivity contribution in [1.82, 2.24) is 9.62 Å². The lowest BCUT2D eigenvalue weighted by Crippen LogP contribution is -2.45. The number of rotatable bonds is 5. The summed E-state index contributed by atoms with van der Waals surface area (Å²) in [5, 5.41) is 3.52. The summed E-state index contributed by atoms with van der Waals surface area (Å²) in [5.74, 6) is 1.11. The minimum atomic E-state index is -2.99. The Morgan fingerprint density at radius 3 is 2.28 bits per heavy atom. The van der Waals surface area contributed by atoms with Crippen LogP contribution in [-0.4, -0.2) is 55.2 Å². The minimum Gasteiger partial charge on any atom is -0.313 e. The molecule has 108 valence electrons. The van der Waals surface area contributed by atoms with Gasteiger partial charge in [-0.15, -0.1) is 0 Å². The zero-order chi connectivity index (χ0) is 13.8. The Morgan fingerprint density at radius 2 is 1.83 bits per heavy atom. The van der Waals surface area contributed by atoms with E-state index >= 15 is 0 Å². The molecule has 1 rings (SSSR count). The van der Waals surface area contributed by atoms with Crippen LogP contribution in [-0.2, 0) is 10.0 Å². The molecule has 18 heavy (non-hydrogen) atoms. The van der Waals surface area contributed by atoms with Crippen molar-refractivity contribution in [2.45, 2.75) is 44.4 Å². The Bertz CT molecular complexity index is 342. The molecule has 1 fully saturated rings. The van der Waals surface area contributed by atoms with E-state index in [0.29, 0.717) is 23.9 Å². The van der Waals surface area contributed by atoms with Gasteiger partial charge in [0.1, 0.15) is 0 Å². The van der Waals surface area contributed by atoms with Gasteiger partial charge in [-0.25, -0.2) is 12.7 Å². The lowest BCUT2D eigenvalue weighted by atomic mass is 10.1. The molecule has 0 atom stereocenters. The van der Waals surface area contributed by atoms with Gasteiger partial charge in [0.2, 0.25) is 10.0 Å². The monoisotopic (exact) mass is 294 g/mol. The molecule has 0 unspecified atom stereocenters. The fraction of sp³-hybridized carbons (Fsp3) is 1.00. The van der Waals surface area contributed by atoms with E-state index in [1.807, 2.05) is 11.8 Å². The Hall–Kier alpha value is 0.220. The third-order valence-electron chi connectivity index (χ3n) is 2.99. The fourth-order valence-corrected chi connectivity index (χ4v) is 3.72. The van der Waals surface area contributed by atoms with Gasteiger partial charge in [-0.2, -0.15) is 11.8 Å². The van der Waals surface area contributed by atoms with Crippen LogP contribution in [0.15, 0.2) is 0 Å². The van der Waals surface area contributed by atoms with Gasteiger partial charge in [-0.1, -0.05) is 20.8 Å². The summed E-state index contributed by atoms with van der Waals surface area (Å²) in [4.78, 5) is 0. The molecule has 0 spiro atoms. The van der Waals surface area contributed by atoms with Crippen LogP contribution in [0.1, 0.15) is 33.6 Å². The van der Waals surface area contributed by atoms with E-state index in [9.17, 15) is 8.42 Å². The second-order valence-corrected chi connectivity index (χ2v) is 9.76. The molecular formula is C12H26N2O2S2. The lowest BCUT2D eigenvalue weighted by Gasteiger charge is -2.31. The highest BCUT2D eigenvalue weighted by Crippen LogP contribution is 2.22. The maximum atomic E-state index is 11.4. The maximum Gasteiger partial charge on any atom is 0.211 e. The number of hydrogen-bond acceptors (Lipinski definition) is 4. The smallest absolute Gasteiger partial charge is 0.211 e. The fourth-order valence-electron chi connectivity index (χ4n) is 2.01. The molecule has 0 saturated carbocycles. The SMILES string of the molecule is CC(C)(C)SCCNC1CCN(S(C)(=O)=O)CC1. The van der Waals surface area contributed by atoms with Gasteiger partial charge >= 0.3 is 0 Å². The second kappa shape index (κ2) is 6.59. The maximum absolute atomic E-state index is 11.4. The van der Waals surface area contributed by atoms with Crippen LogP contribution in [0.4, 0.5) is 0 Å². The van der Waals surface area contributed by atoms with Crippen molar-refractivity contribution in [3.8, 4) is 0 Å². The average molecular weight is 294 g/mol. The number of thioether (sulfide) groups is 1. The number of sulfonamides is 1. The van der Waals surface area contributed by atoms with Crippen molar-refractivity contribution in [2.75, 3.05) is 31.6 Å². The molecule has 0 aromatic rings. The number of piperidine rings is 1. The van der Waals surface area contributed by atoms with E-state index in [1.165, 1.54) is 6.26 Å². The highest BCUT2D eigenvalue weighted by molar-refractivity contribution is 8.00. The Morgan fingerprint density at radius 1 is 1.28 bits per heavy atom. The van der Waals surface area contributed by atoms with Crippen molar-refractivity contribution < 1.29 is 8.42 Å². The largest absolute Gasteiger partial charge is 0.313 e. The first-order valence-electron chi connectivity index (χ1n) is 6.51. The van der Waals surface area contributed by atoms with Crippen molar-refractivity contribution in [1.29, 1.82) is 0 Å². The van der Waals surface area contributed by atoms with Crippen LogP contribution in [0.5, 0.6) is 0 Å². The molecule has 1 saturated heterocycles. The van der Waals surface area contributed by atoms with Crippen LogP contribution >= 0.6 is 11.8 Å². The molecule has 1 N–H and O–H groups in total. The summed E-state index contributed by atoms with van der Waals surface area (Å²) in [6.45, 7) is 8.99. The van der Waals surface area contributed by atoms with E-state index in [-0.39, 0.29) is 0 Å². The molecule has 0 aromatic carbocycles. The number of nitrogens with one attached hydrogen (secondary N) is 1. The highest BCUT2D eigenvalue weighted by atomic mass is 32.2. The van der Waals surface area contributed by atoms with Crippen LogP contribution in [0, 0.1) is 0 Å². The summed E-state index contributed by atoms with van der Waals surface area (Å²) < 4.78 is 24.6. The Balaban J connectivity index is 2.17. The molecule has 0 aromatic heterocycles. The first-order chi connectivity index (χ1) is 8.18. The first kappa shape index (κ1) is 16.3. The van der Waals surface area contributed by atoms with Gasteiger partial charge in [-0.05, 0) is 12.8 Å². The minimum absolute atomic E-state index is 0.321. The summed E-state index contributed by atoms with van der Waals surface area (Å²) in [6.07, 6.45) is 3.14. The van der Waals surface area contributed by atoms with E-state index in [4.69, 9.17) is 0 Å². The van der Waals surface area contributed by atoms with Gasteiger partial charge in [-0.3, -0.25) is 0 Å². The average Bonchev–Trinajstić information content (AvgIpc) is 2.22. The van der Waals surface area contributed by atoms with Crippen LogP contribution in [0.3, 0.4) is 0 Å². The normalized spacial score (nSPS) is 20.2. The van der Waals surface area contributed by atoms with Crippen LogP contribution < -0.4 is 5.32 Å². The van der Waals surface area contributed by atoms with Crippen molar-refractivity contribution in [3.63, 3.8) is 0 Å². The number of hydrogen-bond donors (Lipinski definition) is 1. The lowest BCUT2D eigenvalue weighted by molar-refractivity contribution is 0.294. The molecule has 1 aliphatic rings. The molecule has 1 aliphatic heterocycles. The predicted octanol–water partition coefficient (Wildman–Crippen LogP) is 1.53. The van der Waals surface area contributed by atoms with E-state index in [2.05, 4.69) is 26.1 Å². The van der Waals surface area contributed by atoms with E-state index < -0.39 is 10.0 Å². The van der Waals surface area contributed by atoms with Gasteiger partial charge in [0.15, 0.2) is 0 Å². The zero-order valence-corrected chi connectivity index (χ0v) is 13.5. The standard InChI is InChI=1S/C12H26N2O2S2/c1-12(2,3)17-10-7-13-11-5-8-14(9-6-11)18(4,15)16/h11,13H,5-10H2,1-4H3. The molecule has 0 bridgehead atoms. The van der Waals surface area contributed by atoms with Gasteiger partial charge in [0.05, 0.1) is 6.26 Å².